The average molecular weight is 170 g/mol. The van der Waals surface area contributed by atoms with E-state index in [4.69, 9.17) is 0 Å². The van der Waals surface area contributed by atoms with Crippen LogP contribution < -0.4 is 4.90 Å². The summed E-state index contributed by atoms with van der Waals surface area (Å²) in [6.45, 7) is 10.7. The molecule has 0 saturated heterocycles. The third kappa shape index (κ3) is 6.21. The Morgan fingerprint density at radius 1 is 1.25 bits per heavy atom. The minimum absolute atomic E-state index is 0.830. The fourth-order valence-electron chi connectivity index (χ4n) is 0.885. The molecule has 0 aromatic rings. The van der Waals surface area contributed by atoms with E-state index in [-0.39, 0.29) is 0 Å². The van der Waals surface area contributed by atoms with E-state index >= 15 is 0 Å². The first kappa shape index (κ1) is 11.5. The summed E-state index contributed by atoms with van der Waals surface area (Å²) >= 11 is 0. The third-order valence-corrected chi connectivity index (χ3v) is 1.73. The molecule has 0 amide bonds. The van der Waals surface area contributed by atoms with Gasteiger partial charge in [0.25, 0.3) is 0 Å². The molecule has 0 radical (unpaired) electrons. The molecular formula is C10H20NO+. The Labute approximate surface area is 75.6 Å². The van der Waals surface area contributed by atoms with Gasteiger partial charge in [0.15, 0.2) is 0 Å². The molecule has 2 N–H and O–H groups in total. The van der Waals surface area contributed by atoms with Crippen molar-refractivity contribution >= 4 is 0 Å². The number of rotatable bonds is 3. The number of aliphatic hydroxyl groups is 1. The number of quaternary nitrogens is 1. The van der Waals surface area contributed by atoms with Crippen LogP contribution >= 0.6 is 0 Å². The highest BCUT2D eigenvalue weighted by Gasteiger charge is 2.06. The van der Waals surface area contributed by atoms with Crippen LogP contribution in [0, 0.1) is 11.8 Å². The van der Waals surface area contributed by atoms with Gasteiger partial charge in [0, 0.05) is 0 Å². The highest BCUT2D eigenvalue weighted by molar-refractivity contribution is 5.09. The molecule has 0 aliphatic heterocycles. The number of hydrogen-bond donors (Lipinski definition) is 2. The molecule has 0 saturated carbocycles. The SMILES string of the molecule is CC[NH+](CC)CC#CC(C)(C)O. The van der Waals surface area contributed by atoms with Crippen molar-refractivity contribution in [3.8, 4) is 11.8 Å². The molecule has 0 spiro atoms. The topological polar surface area (TPSA) is 24.7 Å². The fourth-order valence-corrected chi connectivity index (χ4v) is 0.885. The van der Waals surface area contributed by atoms with Gasteiger partial charge in [-0.05, 0) is 33.6 Å². The zero-order chi connectivity index (χ0) is 9.61. The van der Waals surface area contributed by atoms with Crippen LogP contribution in [0.1, 0.15) is 27.7 Å². The zero-order valence-electron chi connectivity index (χ0n) is 8.57. The number of nitrogens with one attached hydrogen (secondary N) is 1. The summed E-state index contributed by atoms with van der Waals surface area (Å²) in [6, 6.07) is 0. The zero-order valence-corrected chi connectivity index (χ0v) is 8.57. The van der Waals surface area contributed by atoms with Crippen molar-refractivity contribution in [2.75, 3.05) is 19.6 Å². The smallest absolute Gasteiger partial charge is 0.139 e. The van der Waals surface area contributed by atoms with Crippen LogP contribution in [0.15, 0.2) is 0 Å². The first-order valence-corrected chi connectivity index (χ1v) is 4.55. The lowest BCUT2D eigenvalue weighted by molar-refractivity contribution is -0.889. The molecule has 0 unspecified atom stereocenters. The molecule has 2 heteroatoms. The van der Waals surface area contributed by atoms with Crippen molar-refractivity contribution in [2.45, 2.75) is 33.3 Å². The second-order valence-corrected chi connectivity index (χ2v) is 3.49. The highest BCUT2D eigenvalue weighted by atomic mass is 16.3. The van der Waals surface area contributed by atoms with Gasteiger partial charge in [0.05, 0.1) is 13.1 Å². The van der Waals surface area contributed by atoms with E-state index in [0.29, 0.717) is 0 Å². The lowest BCUT2D eigenvalue weighted by Gasteiger charge is -2.11. The summed E-state index contributed by atoms with van der Waals surface area (Å²) in [5.41, 5.74) is -0.841. The fraction of sp³-hybridized carbons (Fsp3) is 0.800. The van der Waals surface area contributed by atoms with Crippen LogP contribution in [0.25, 0.3) is 0 Å². The molecule has 12 heavy (non-hydrogen) atoms. The van der Waals surface area contributed by atoms with Crippen LogP contribution in [-0.4, -0.2) is 30.3 Å². The molecule has 0 aromatic heterocycles. The molecule has 0 atom stereocenters. The maximum Gasteiger partial charge on any atom is 0.139 e. The van der Waals surface area contributed by atoms with Gasteiger partial charge in [-0.25, -0.2) is 0 Å². The van der Waals surface area contributed by atoms with E-state index in [2.05, 4.69) is 25.7 Å². The van der Waals surface area contributed by atoms with Crippen LogP contribution in [-0.2, 0) is 0 Å². The number of hydrogen-bond acceptors (Lipinski definition) is 1. The lowest BCUT2D eigenvalue weighted by atomic mass is 10.1. The summed E-state index contributed by atoms with van der Waals surface area (Å²) in [5.74, 6) is 5.80. The Hall–Kier alpha value is -0.520. The molecule has 2 nitrogen and oxygen atoms in total. The Bertz CT molecular complexity index is 167. The normalized spacial score (nSPS) is 11.2. The van der Waals surface area contributed by atoms with Crippen molar-refractivity contribution in [2.24, 2.45) is 0 Å². The Morgan fingerprint density at radius 2 is 1.75 bits per heavy atom. The van der Waals surface area contributed by atoms with E-state index in [9.17, 15) is 5.11 Å². The summed E-state index contributed by atoms with van der Waals surface area (Å²) in [6.07, 6.45) is 0. The van der Waals surface area contributed by atoms with Gasteiger partial charge in [-0.2, -0.15) is 0 Å². The minimum atomic E-state index is -0.841. The van der Waals surface area contributed by atoms with Crippen LogP contribution in [0.4, 0.5) is 0 Å². The predicted octanol–water partition coefficient (Wildman–Crippen LogP) is -0.315. The molecule has 0 fully saturated rings. The van der Waals surface area contributed by atoms with Gasteiger partial charge >= 0.3 is 0 Å². The van der Waals surface area contributed by atoms with Crippen molar-refractivity contribution < 1.29 is 10.0 Å². The van der Waals surface area contributed by atoms with Gasteiger partial charge in [-0.15, -0.1) is 0 Å². The third-order valence-electron chi connectivity index (χ3n) is 1.73. The van der Waals surface area contributed by atoms with Gasteiger partial charge in [0.1, 0.15) is 12.1 Å². The van der Waals surface area contributed by atoms with E-state index in [0.717, 1.165) is 19.6 Å². The van der Waals surface area contributed by atoms with E-state index in [1.54, 1.807) is 13.8 Å². The van der Waals surface area contributed by atoms with E-state index < -0.39 is 5.60 Å². The van der Waals surface area contributed by atoms with Crippen molar-refractivity contribution in [3.63, 3.8) is 0 Å². The molecule has 0 aromatic carbocycles. The molecular weight excluding hydrogens is 150 g/mol. The second kappa shape index (κ2) is 5.18. The molecule has 0 aliphatic carbocycles. The Kier molecular flexibility index (Phi) is 4.96. The quantitative estimate of drug-likeness (QED) is 0.558. The van der Waals surface area contributed by atoms with E-state index in [1.807, 2.05) is 0 Å². The van der Waals surface area contributed by atoms with Crippen molar-refractivity contribution in [3.05, 3.63) is 0 Å². The molecule has 0 aliphatic rings. The van der Waals surface area contributed by atoms with Gasteiger partial charge in [-0.3, -0.25) is 0 Å². The summed E-state index contributed by atoms with van der Waals surface area (Å²) < 4.78 is 0. The van der Waals surface area contributed by atoms with Gasteiger partial charge in [0.2, 0.25) is 0 Å². The standard InChI is InChI=1S/C10H19NO/c1-5-11(6-2)9-7-8-10(3,4)12/h12H,5-6,9H2,1-4H3/p+1. The molecule has 70 valence electrons. The summed E-state index contributed by atoms with van der Waals surface area (Å²) in [5, 5.41) is 9.29. The van der Waals surface area contributed by atoms with Crippen LogP contribution in [0.2, 0.25) is 0 Å². The largest absolute Gasteiger partial charge is 0.378 e. The summed E-state index contributed by atoms with van der Waals surface area (Å²) in [7, 11) is 0. The van der Waals surface area contributed by atoms with Gasteiger partial charge < -0.3 is 10.0 Å². The van der Waals surface area contributed by atoms with Crippen LogP contribution in [0.3, 0.4) is 0 Å². The highest BCUT2D eigenvalue weighted by Crippen LogP contribution is 1.95. The Morgan fingerprint density at radius 3 is 2.08 bits per heavy atom. The van der Waals surface area contributed by atoms with Gasteiger partial charge in [-0.1, -0.05) is 5.92 Å². The first-order valence-electron chi connectivity index (χ1n) is 4.55. The monoisotopic (exact) mass is 170 g/mol. The summed E-state index contributed by atoms with van der Waals surface area (Å²) in [4.78, 5) is 1.45. The lowest BCUT2D eigenvalue weighted by Crippen LogP contribution is -3.11. The molecule has 0 bridgehead atoms. The van der Waals surface area contributed by atoms with Crippen molar-refractivity contribution in [1.82, 2.24) is 0 Å². The average Bonchev–Trinajstić information content (AvgIpc) is 1.96. The molecule has 0 heterocycles. The first-order chi connectivity index (χ1) is 5.49. The van der Waals surface area contributed by atoms with E-state index in [1.165, 1.54) is 4.90 Å². The van der Waals surface area contributed by atoms with Crippen LogP contribution in [0.5, 0.6) is 0 Å². The predicted molar refractivity (Wildman–Crippen MR) is 51.0 cm³/mol. The minimum Gasteiger partial charge on any atom is -0.378 e. The maximum absolute atomic E-state index is 9.29. The van der Waals surface area contributed by atoms with Crippen molar-refractivity contribution in [1.29, 1.82) is 0 Å². The second-order valence-electron chi connectivity index (χ2n) is 3.49. The molecule has 0 rings (SSSR count). The maximum atomic E-state index is 9.29. The Balaban J connectivity index is 3.84.